The van der Waals surface area contributed by atoms with Crippen LogP contribution in [0.25, 0.3) is 0 Å². The van der Waals surface area contributed by atoms with Crippen molar-refractivity contribution < 1.29 is 9.90 Å². The number of hydrogen-bond donors (Lipinski definition) is 2. The van der Waals surface area contributed by atoms with Gasteiger partial charge in [-0.2, -0.15) is 0 Å². The molecule has 0 fully saturated rings. The number of halogens is 1. The minimum atomic E-state index is -1.04. The summed E-state index contributed by atoms with van der Waals surface area (Å²) >= 11 is 4.92. The van der Waals surface area contributed by atoms with E-state index in [1.807, 2.05) is 24.3 Å². The third-order valence-electron chi connectivity index (χ3n) is 2.79. The Morgan fingerprint density at radius 3 is 2.62 bits per heavy atom. The van der Waals surface area contributed by atoms with E-state index in [1.165, 1.54) is 0 Å². The molecule has 2 aromatic rings. The summed E-state index contributed by atoms with van der Waals surface area (Å²) < 4.78 is 1.01. The monoisotopic (exact) mass is 368 g/mol. The fraction of sp³-hybridized carbons (Fsp3) is 0.214. The Kier molecular flexibility index (Phi) is 5.19. The molecule has 0 radical (unpaired) electrons. The molecule has 0 aliphatic heterocycles. The fourth-order valence-corrected chi connectivity index (χ4v) is 2.81. The zero-order valence-corrected chi connectivity index (χ0v) is 13.6. The Morgan fingerprint density at radius 1 is 1.38 bits per heavy atom. The number of hydrogen-bond acceptors (Lipinski definition) is 4. The van der Waals surface area contributed by atoms with Crippen molar-refractivity contribution in [2.75, 3.05) is 0 Å². The number of aryl methyl sites for hydroxylation is 1. The molecule has 7 heteroatoms. The van der Waals surface area contributed by atoms with Gasteiger partial charge in [0, 0.05) is 20.6 Å². The number of aromatic nitrogens is 2. The highest BCUT2D eigenvalue weighted by atomic mass is 79.9. The number of aliphatic carboxylic acids is 1. The highest BCUT2D eigenvalue weighted by Gasteiger charge is 2.11. The van der Waals surface area contributed by atoms with Gasteiger partial charge < -0.3 is 10.1 Å². The van der Waals surface area contributed by atoms with Crippen LogP contribution < -0.4 is 5.56 Å². The number of carboxylic acid groups (broad SMARTS) is 1. The number of thioether (sulfide) groups is 1. The summed E-state index contributed by atoms with van der Waals surface area (Å²) in [6.45, 7) is 1.65. The van der Waals surface area contributed by atoms with Gasteiger partial charge in [0.1, 0.15) is 5.82 Å². The number of H-pyrrole nitrogens is 1. The zero-order valence-electron chi connectivity index (χ0n) is 11.2. The Balaban J connectivity index is 2.12. The molecule has 0 saturated heterocycles. The molecule has 110 valence electrons. The lowest BCUT2D eigenvalue weighted by Crippen LogP contribution is -2.21. The lowest BCUT2D eigenvalue weighted by Gasteiger charge is -2.06. The minimum Gasteiger partial charge on any atom is -0.481 e. The second-order valence-electron chi connectivity index (χ2n) is 4.39. The second kappa shape index (κ2) is 6.91. The van der Waals surface area contributed by atoms with Crippen molar-refractivity contribution >= 4 is 33.7 Å². The van der Waals surface area contributed by atoms with Crippen LogP contribution in [0.4, 0.5) is 0 Å². The van der Waals surface area contributed by atoms with Gasteiger partial charge in [-0.05, 0) is 31.2 Å². The number of carbonyl (C=O) groups is 1. The van der Waals surface area contributed by atoms with Crippen LogP contribution in [0.5, 0.6) is 0 Å². The quantitative estimate of drug-likeness (QED) is 0.792. The lowest BCUT2D eigenvalue weighted by molar-refractivity contribution is -0.136. The normalized spacial score (nSPS) is 10.6. The molecule has 2 N–H and O–H groups in total. The van der Waals surface area contributed by atoms with Crippen LogP contribution in [0.15, 0.2) is 38.4 Å². The largest absolute Gasteiger partial charge is 0.481 e. The Hall–Kier alpha value is -1.60. The van der Waals surface area contributed by atoms with E-state index in [2.05, 4.69) is 25.9 Å². The molecule has 0 saturated carbocycles. The van der Waals surface area contributed by atoms with Crippen LogP contribution in [0, 0.1) is 6.92 Å². The molecule has 1 heterocycles. The molecule has 5 nitrogen and oxygen atoms in total. The third kappa shape index (κ3) is 4.44. The van der Waals surface area contributed by atoms with Crippen molar-refractivity contribution in [1.82, 2.24) is 9.97 Å². The van der Waals surface area contributed by atoms with Gasteiger partial charge in [-0.25, -0.2) is 4.98 Å². The highest BCUT2D eigenvalue weighted by molar-refractivity contribution is 9.10. The van der Waals surface area contributed by atoms with Crippen LogP contribution in [0.1, 0.15) is 17.1 Å². The van der Waals surface area contributed by atoms with Crippen molar-refractivity contribution in [2.45, 2.75) is 24.0 Å². The Bertz CT molecular complexity index is 713. The lowest BCUT2D eigenvalue weighted by atomic mass is 10.2. The molecule has 0 amide bonds. The van der Waals surface area contributed by atoms with Gasteiger partial charge in [-0.1, -0.05) is 15.9 Å². The summed E-state index contributed by atoms with van der Waals surface area (Å²) in [5, 5.41) is 8.77. The molecule has 21 heavy (non-hydrogen) atoms. The molecule has 1 aromatic carbocycles. The van der Waals surface area contributed by atoms with Crippen LogP contribution in [-0.4, -0.2) is 21.0 Å². The van der Waals surface area contributed by atoms with Gasteiger partial charge >= 0.3 is 5.97 Å². The van der Waals surface area contributed by atoms with Crippen molar-refractivity contribution in [3.05, 3.63) is 56.2 Å². The molecule has 0 unspecified atom stereocenters. The molecular weight excluding hydrogens is 356 g/mol. The van der Waals surface area contributed by atoms with Gasteiger partial charge in [-0.15, -0.1) is 11.8 Å². The topological polar surface area (TPSA) is 83.0 Å². The summed E-state index contributed by atoms with van der Waals surface area (Å²) in [5.74, 6) is 0.0207. The average molecular weight is 369 g/mol. The number of benzene rings is 1. The summed E-state index contributed by atoms with van der Waals surface area (Å²) in [4.78, 5) is 30.6. The Morgan fingerprint density at radius 2 is 2.05 bits per heavy atom. The first-order valence-corrected chi connectivity index (χ1v) is 7.92. The van der Waals surface area contributed by atoms with Crippen molar-refractivity contribution in [2.24, 2.45) is 0 Å². The Labute approximate surface area is 133 Å². The fourth-order valence-electron chi connectivity index (χ4n) is 1.78. The van der Waals surface area contributed by atoms with Crippen LogP contribution in [0.2, 0.25) is 0 Å². The summed E-state index contributed by atoms with van der Waals surface area (Å²) in [6.07, 6.45) is -0.311. The molecule has 0 atom stereocenters. The minimum absolute atomic E-state index is 0.208. The van der Waals surface area contributed by atoms with Gasteiger partial charge in [0.25, 0.3) is 5.56 Å². The predicted octanol–water partition coefficient (Wildman–Crippen LogP) is 2.76. The van der Waals surface area contributed by atoms with E-state index in [4.69, 9.17) is 5.11 Å². The van der Waals surface area contributed by atoms with E-state index in [1.54, 1.807) is 18.7 Å². The molecule has 2 rings (SSSR count). The smallest absolute Gasteiger partial charge is 0.308 e. The third-order valence-corrected chi connectivity index (χ3v) is 4.34. The van der Waals surface area contributed by atoms with Gasteiger partial charge in [-0.3, -0.25) is 9.59 Å². The van der Waals surface area contributed by atoms with E-state index < -0.39 is 5.97 Å². The molecule has 0 spiro atoms. The first-order chi connectivity index (χ1) is 9.95. The maximum atomic E-state index is 11.9. The standard InChI is InChI=1S/C14H13BrN2O3S/c1-8-11(6-13(18)19)14(20)17-12(16-8)7-21-10-4-2-9(15)3-5-10/h2-5H,6-7H2,1H3,(H,18,19)(H,16,17,20). The van der Waals surface area contributed by atoms with Crippen LogP contribution >= 0.6 is 27.7 Å². The van der Waals surface area contributed by atoms with Gasteiger partial charge in [0.2, 0.25) is 0 Å². The van der Waals surface area contributed by atoms with E-state index in [0.29, 0.717) is 17.3 Å². The molecule has 0 aliphatic carbocycles. The first-order valence-electron chi connectivity index (χ1n) is 6.14. The van der Waals surface area contributed by atoms with E-state index in [9.17, 15) is 9.59 Å². The maximum absolute atomic E-state index is 11.9. The summed E-state index contributed by atoms with van der Waals surface area (Å²) in [5.41, 5.74) is 0.295. The van der Waals surface area contributed by atoms with Gasteiger partial charge in [0.05, 0.1) is 12.2 Å². The second-order valence-corrected chi connectivity index (χ2v) is 6.35. The number of rotatable bonds is 5. The number of nitrogens with zero attached hydrogens (tertiary/aromatic N) is 1. The summed E-state index contributed by atoms with van der Waals surface area (Å²) in [6, 6.07) is 7.83. The molecule has 0 aliphatic rings. The van der Waals surface area contributed by atoms with Crippen LogP contribution in [0.3, 0.4) is 0 Å². The van der Waals surface area contributed by atoms with E-state index in [-0.39, 0.29) is 17.5 Å². The molecular formula is C14H13BrN2O3S. The van der Waals surface area contributed by atoms with Crippen molar-refractivity contribution in [3.63, 3.8) is 0 Å². The predicted molar refractivity (Wildman–Crippen MR) is 84.6 cm³/mol. The zero-order chi connectivity index (χ0) is 15.4. The van der Waals surface area contributed by atoms with Crippen LogP contribution in [-0.2, 0) is 17.0 Å². The maximum Gasteiger partial charge on any atom is 0.308 e. The van der Waals surface area contributed by atoms with Gasteiger partial charge in [0.15, 0.2) is 0 Å². The number of carboxylic acids is 1. The first kappa shape index (κ1) is 15.8. The summed E-state index contributed by atoms with van der Waals surface area (Å²) in [7, 11) is 0. The molecule has 0 bridgehead atoms. The van der Waals surface area contributed by atoms with E-state index >= 15 is 0 Å². The number of nitrogens with one attached hydrogen (secondary N) is 1. The van der Waals surface area contributed by atoms with Crippen molar-refractivity contribution in [1.29, 1.82) is 0 Å². The number of aromatic amines is 1. The SMILES string of the molecule is Cc1nc(CSc2ccc(Br)cc2)[nH]c(=O)c1CC(=O)O. The average Bonchev–Trinajstić information content (AvgIpc) is 2.42. The van der Waals surface area contributed by atoms with Crippen molar-refractivity contribution in [3.8, 4) is 0 Å². The molecule has 1 aromatic heterocycles. The van der Waals surface area contributed by atoms with E-state index in [0.717, 1.165) is 9.37 Å². The highest BCUT2D eigenvalue weighted by Crippen LogP contribution is 2.23.